The molecule has 20 heavy (non-hydrogen) atoms. The van der Waals surface area contributed by atoms with Crippen LogP contribution in [0.5, 0.6) is 5.75 Å². The van der Waals surface area contributed by atoms with Crippen molar-refractivity contribution in [1.82, 2.24) is 10.2 Å². The van der Waals surface area contributed by atoms with Crippen molar-refractivity contribution in [3.05, 3.63) is 29.3 Å². The summed E-state index contributed by atoms with van der Waals surface area (Å²) in [5.41, 5.74) is 2.09. The van der Waals surface area contributed by atoms with E-state index in [1.807, 2.05) is 19.1 Å². The second-order valence-electron chi connectivity index (χ2n) is 6.31. The van der Waals surface area contributed by atoms with E-state index in [0.717, 1.165) is 17.7 Å². The summed E-state index contributed by atoms with van der Waals surface area (Å²) in [5, 5.41) is 13.6. The number of nitrogens with zero attached hydrogens (tertiary/aromatic N) is 1. The number of likely N-dealkylation sites (tertiary alicyclic amines) is 1. The van der Waals surface area contributed by atoms with Crippen LogP contribution in [0.15, 0.2) is 18.2 Å². The second kappa shape index (κ2) is 7.09. The maximum atomic E-state index is 10.0. The third-order valence-electron chi connectivity index (χ3n) is 4.19. The molecule has 0 bridgehead atoms. The summed E-state index contributed by atoms with van der Waals surface area (Å²) in [6.07, 6.45) is 2.71. The Bertz CT molecular complexity index is 427. The van der Waals surface area contributed by atoms with E-state index in [1.165, 1.54) is 32.5 Å². The van der Waals surface area contributed by atoms with E-state index < -0.39 is 0 Å². The fourth-order valence-electron chi connectivity index (χ4n) is 2.98. The summed E-state index contributed by atoms with van der Waals surface area (Å²) in [5.74, 6) is 1.04. The Morgan fingerprint density at radius 3 is 2.60 bits per heavy atom. The third kappa shape index (κ3) is 4.22. The zero-order valence-corrected chi connectivity index (χ0v) is 13.0. The van der Waals surface area contributed by atoms with Crippen LogP contribution in [0.25, 0.3) is 0 Å². The van der Waals surface area contributed by atoms with Gasteiger partial charge in [-0.1, -0.05) is 19.1 Å². The third-order valence-corrected chi connectivity index (χ3v) is 4.19. The summed E-state index contributed by atoms with van der Waals surface area (Å²) in [6, 6.07) is 6.10. The van der Waals surface area contributed by atoms with Crippen molar-refractivity contribution in [3.63, 3.8) is 0 Å². The molecule has 1 aromatic carbocycles. The Hall–Kier alpha value is -1.06. The first-order chi connectivity index (χ1) is 9.56. The van der Waals surface area contributed by atoms with Gasteiger partial charge in [-0.2, -0.15) is 0 Å². The molecule has 2 N–H and O–H groups in total. The van der Waals surface area contributed by atoms with Gasteiger partial charge in [0.05, 0.1) is 0 Å². The molecule has 1 fully saturated rings. The standard InChI is InChI=1S/C17H28N2O/c1-13-6-7-16(17(20)10-13)15(3)18-11-14(2)12-19-8-4-5-9-19/h6-7,10,14-15,18,20H,4-5,8-9,11-12H2,1-3H3. The summed E-state index contributed by atoms with van der Waals surface area (Å²) in [7, 11) is 0. The lowest BCUT2D eigenvalue weighted by molar-refractivity contribution is 0.278. The van der Waals surface area contributed by atoms with Crippen molar-refractivity contribution >= 4 is 0 Å². The van der Waals surface area contributed by atoms with Crippen molar-refractivity contribution in [2.75, 3.05) is 26.2 Å². The van der Waals surface area contributed by atoms with Crippen LogP contribution in [0.3, 0.4) is 0 Å². The molecule has 2 atom stereocenters. The molecule has 0 radical (unpaired) electrons. The number of benzene rings is 1. The van der Waals surface area contributed by atoms with Gasteiger partial charge in [0.2, 0.25) is 0 Å². The minimum Gasteiger partial charge on any atom is -0.508 e. The number of aromatic hydroxyl groups is 1. The van der Waals surface area contributed by atoms with Crippen LogP contribution >= 0.6 is 0 Å². The van der Waals surface area contributed by atoms with Crippen LogP contribution in [-0.2, 0) is 0 Å². The fraction of sp³-hybridized carbons (Fsp3) is 0.647. The summed E-state index contributed by atoms with van der Waals surface area (Å²) >= 11 is 0. The highest BCUT2D eigenvalue weighted by molar-refractivity contribution is 5.37. The lowest BCUT2D eigenvalue weighted by Crippen LogP contribution is -2.32. The number of nitrogens with one attached hydrogen (secondary N) is 1. The second-order valence-corrected chi connectivity index (χ2v) is 6.31. The van der Waals surface area contributed by atoms with Crippen molar-refractivity contribution in [2.45, 2.75) is 39.7 Å². The van der Waals surface area contributed by atoms with E-state index in [9.17, 15) is 5.11 Å². The Morgan fingerprint density at radius 1 is 1.25 bits per heavy atom. The molecule has 1 aromatic rings. The number of hydrogen-bond donors (Lipinski definition) is 2. The summed E-state index contributed by atoms with van der Waals surface area (Å²) in [4.78, 5) is 2.56. The van der Waals surface area contributed by atoms with E-state index in [0.29, 0.717) is 11.7 Å². The molecule has 112 valence electrons. The topological polar surface area (TPSA) is 35.5 Å². The van der Waals surface area contributed by atoms with Gasteiger partial charge >= 0.3 is 0 Å². The molecule has 0 aliphatic carbocycles. The zero-order chi connectivity index (χ0) is 14.5. The van der Waals surface area contributed by atoms with Crippen LogP contribution in [-0.4, -0.2) is 36.2 Å². The van der Waals surface area contributed by atoms with Crippen molar-refractivity contribution in [2.24, 2.45) is 5.92 Å². The highest BCUT2D eigenvalue weighted by atomic mass is 16.3. The van der Waals surface area contributed by atoms with Crippen LogP contribution < -0.4 is 5.32 Å². The molecule has 1 heterocycles. The first-order valence-electron chi connectivity index (χ1n) is 7.81. The molecule has 1 aliphatic heterocycles. The van der Waals surface area contributed by atoms with E-state index in [1.54, 1.807) is 0 Å². The Balaban J connectivity index is 1.80. The van der Waals surface area contributed by atoms with Crippen molar-refractivity contribution < 1.29 is 5.11 Å². The highest BCUT2D eigenvalue weighted by Crippen LogP contribution is 2.25. The largest absolute Gasteiger partial charge is 0.508 e. The SMILES string of the molecule is Cc1ccc(C(C)NCC(C)CN2CCCC2)c(O)c1. The smallest absolute Gasteiger partial charge is 0.120 e. The maximum absolute atomic E-state index is 10.0. The van der Waals surface area contributed by atoms with Gasteiger partial charge in [0.15, 0.2) is 0 Å². The van der Waals surface area contributed by atoms with Gasteiger partial charge in [0.1, 0.15) is 5.75 Å². The van der Waals surface area contributed by atoms with Gasteiger partial charge in [-0.15, -0.1) is 0 Å². The molecule has 0 spiro atoms. The van der Waals surface area contributed by atoms with Gasteiger partial charge in [-0.05, 0) is 63.9 Å². The highest BCUT2D eigenvalue weighted by Gasteiger charge is 2.16. The molecule has 2 rings (SSSR count). The van der Waals surface area contributed by atoms with Crippen molar-refractivity contribution in [3.8, 4) is 5.75 Å². The van der Waals surface area contributed by atoms with Crippen LogP contribution in [0.2, 0.25) is 0 Å². The molecule has 1 aliphatic rings. The number of phenols is 1. The maximum Gasteiger partial charge on any atom is 0.120 e. The lowest BCUT2D eigenvalue weighted by Gasteiger charge is -2.23. The predicted octanol–water partition coefficient (Wildman–Crippen LogP) is 3.08. The Kier molecular flexibility index (Phi) is 5.44. The van der Waals surface area contributed by atoms with Crippen molar-refractivity contribution in [1.29, 1.82) is 0 Å². The fourth-order valence-corrected chi connectivity index (χ4v) is 2.98. The van der Waals surface area contributed by atoms with E-state index in [2.05, 4.69) is 30.1 Å². The summed E-state index contributed by atoms with van der Waals surface area (Å²) < 4.78 is 0. The van der Waals surface area contributed by atoms with E-state index >= 15 is 0 Å². The first kappa shape index (κ1) is 15.3. The van der Waals surface area contributed by atoms with Gasteiger partial charge in [-0.3, -0.25) is 0 Å². The lowest BCUT2D eigenvalue weighted by atomic mass is 10.0. The van der Waals surface area contributed by atoms with Gasteiger partial charge in [0, 0.05) is 18.2 Å². The number of hydrogen-bond acceptors (Lipinski definition) is 3. The van der Waals surface area contributed by atoms with Crippen LogP contribution in [0.4, 0.5) is 0 Å². The normalized spacial score (nSPS) is 19.1. The molecular formula is C17H28N2O. The monoisotopic (exact) mass is 276 g/mol. The zero-order valence-electron chi connectivity index (χ0n) is 13.0. The Labute approximate surface area is 123 Å². The molecule has 0 saturated carbocycles. The summed E-state index contributed by atoms with van der Waals surface area (Å²) in [6.45, 7) is 11.1. The molecule has 0 aromatic heterocycles. The number of phenolic OH excluding ortho intramolecular Hbond substituents is 1. The molecular weight excluding hydrogens is 248 g/mol. The van der Waals surface area contributed by atoms with Gasteiger partial charge < -0.3 is 15.3 Å². The molecule has 1 saturated heterocycles. The van der Waals surface area contributed by atoms with Crippen LogP contribution in [0, 0.1) is 12.8 Å². The first-order valence-corrected chi connectivity index (χ1v) is 7.81. The van der Waals surface area contributed by atoms with E-state index in [4.69, 9.17) is 0 Å². The molecule has 0 amide bonds. The Morgan fingerprint density at radius 2 is 1.95 bits per heavy atom. The average Bonchev–Trinajstić information content (AvgIpc) is 2.89. The molecule has 3 nitrogen and oxygen atoms in total. The van der Waals surface area contributed by atoms with Crippen LogP contribution in [0.1, 0.15) is 43.9 Å². The predicted molar refractivity (Wildman–Crippen MR) is 84.1 cm³/mol. The average molecular weight is 276 g/mol. The quantitative estimate of drug-likeness (QED) is 0.838. The van der Waals surface area contributed by atoms with Gasteiger partial charge in [0.25, 0.3) is 0 Å². The molecule has 2 unspecified atom stereocenters. The minimum absolute atomic E-state index is 0.191. The number of rotatable bonds is 6. The number of aryl methyl sites for hydroxylation is 1. The van der Waals surface area contributed by atoms with Gasteiger partial charge in [-0.25, -0.2) is 0 Å². The minimum atomic E-state index is 0.191. The molecule has 3 heteroatoms. The van der Waals surface area contributed by atoms with E-state index in [-0.39, 0.29) is 6.04 Å².